The number of benzene rings is 10. The van der Waals surface area contributed by atoms with Gasteiger partial charge in [-0.1, -0.05) is 140 Å². The minimum atomic E-state index is 0.884. The van der Waals surface area contributed by atoms with E-state index in [0.717, 1.165) is 39.0 Å². The zero-order valence-electron chi connectivity index (χ0n) is 29.4. The molecule has 0 aliphatic heterocycles. The van der Waals surface area contributed by atoms with E-state index in [9.17, 15) is 0 Å². The van der Waals surface area contributed by atoms with Gasteiger partial charge in [0.05, 0.1) is 0 Å². The van der Waals surface area contributed by atoms with E-state index in [4.69, 9.17) is 4.42 Å². The van der Waals surface area contributed by atoms with Crippen LogP contribution in [0.3, 0.4) is 0 Å². The predicted molar refractivity (Wildman–Crippen MR) is 229 cm³/mol. The van der Waals surface area contributed by atoms with Crippen molar-refractivity contribution in [3.05, 3.63) is 200 Å². The van der Waals surface area contributed by atoms with Crippen LogP contribution in [-0.4, -0.2) is 0 Å². The normalized spacial score (nSPS) is 11.7. The predicted octanol–water partition coefficient (Wildman–Crippen LogP) is 15.0. The van der Waals surface area contributed by atoms with Gasteiger partial charge < -0.3 is 9.32 Å². The zero-order valence-corrected chi connectivity index (χ0v) is 29.4. The van der Waals surface area contributed by atoms with Gasteiger partial charge in [-0.3, -0.25) is 0 Å². The Balaban J connectivity index is 1.06. The molecular formula is C52H33NO. The molecule has 2 heteroatoms. The van der Waals surface area contributed by atoms with E-state index in [-0.39, 0.29) is 0 Å². The summed E-state index contributed by atoms with van der Waals surface area (Å²) in [5, 5.41) is 12.3. The molecule has 11 aromatic rings. The van der Waals surface area contributed by atoms with E-state index < -0.39 is 0 Å². The summed E-state index contributed by atoms with van der Waals surface area (Å²) in [4.78, 5) is 2.35. The Hall–Kier alpha value is -7.16. The molecular weight excluding hydrogens is 655 g/mol. The molecule has 0 unspecified atom stereocenters. The van der Waals surface area contributed by atoms with Crippen molar-refractivity contribution in [1.29, 1.82) is 0 Å². The van der Waals surface area contributed by atoms with Crippen LogP contribution in [0.25, 0.3) is 87.3 Å². The molecule has 1 aromatic heterocycles. The lowest BCUT2D eigenvalue weighted by molar-refractivity contribution is 0.669. The first kappa shape index (κ1) is 30.5. The van der Waals surface area contributed by atoms with Crippen LogP contribution in [0.5, 0.6) is 0 Å². The third-order valence-electron chi connectivity index (χ3n) is 11.0. The summed E-state index contributed by atoms with van der Waals surface area (Å²) < 4.78 is 6.41. The van der Waals surface area contributed by atoms with E-state index >= 15 is 0 Å². The number of anilines is 3. The third kappa shape index (κ3) is 4.96. The molecule has 0 saturated carbocycles. The molecule has 0 bridgehead atoms. The first-order chi connectivity index (χ1) is 26.7. The summed E-state index contributed by atoms with van der Waals surface area (Å²) in [6.45, 7) is 0. The number of furan rings is 1. The van der Waals surface area contributed by atoms with Gasteiger partial charge in [-0.15, -0.1) is 0 Å². The Morgan fingerprint density at radius 3 is 1.61 bits per heavy atom. The van der Waals surface area contributed by atoms with Crippen LogP contribution >= 0.6 is 0 Å². The van der Waals surface area contributed by atoms with Gasteiger partial charge >= 0.3 is 0 Å². The van der Waals surface area contributed by atoms with Gasteiger partial charge in [0.2, 0.25) is 0 Å². The van der Waals surface area contributed by atoms with E-state index in [1.165, 1.54) is 65.3 Å². The number of hydrogen-bond donors (Lipinski definition) is 0. The lowest BCUT2D eigenvalue weighted by Crippen LogP contribution is -2.09. The SMILES string of the molecule is c1ccc(-c2ccc(N(c3ccc(-c4cc5ccc6ccccc6c5c5ccccc45)cc3)c3ccc4oc5cc6ccccc6cc5c4c3)cc2)cc1. The molecule has 0 radical (unpaired) electrons. The minimum absolute atomic E-state index is 0.884. The van der Waals surface area contributed by atoms with E-state index in [1.54, 1.807) is 0 Å². The number of rotatable bonds is 5. The Morgan fingerprint density at radius 2 is 0.852 bits per heavy atom. The van der Waals surface area contributed by atoms with Gasteiger partial charge in [-0.25, -0.2) is 0 Å². The van der Waals surface area contributed by atoms with Crippen molar-refractivity contribution >= 4 is 82.1 Å². The number of hydrogen-bond acceptors (Lipinski definition) is 2. The molecule has 10 aromatic carbocycles. The third-order valence-corrected chi connectivity index (χ3v) is 11.0. The Bertz CT molecular complexity index is 3190. The quantitative estimate of drug-likeness (QED) is 0.168. The fourth-order valence-electron chi connectivity index (χ4n) is 8.38. The van der Waals surface area contributed by atoms with Gasteiger partial charge in [-0.2, -0.15) is 0 Å². The molecule has 0 saturated heterocycles. The summed E-state index contributed by atoms with van der Waals surface area (Å²) in [5.41, 5.74) is 9.84. The molecule has 252 valence electrons. The molecule has 0 amide bonds. The van der Waals surface area contributed by atoms with Crippen molar-refractivity contribution in [2.75, 3.05) is 4.90 Å². The fraction of sp³-hybridized carbons (Fsp3) is 0. The minimum Gasteiger partial charge on any atom is -0.456 e. The molecule has 0 aliphatic carbocycles. The molecule has 1 heterocycles. The topological polar surface area (TPSA) is 16.4 Å². The summed E-state index contributed by atoms with van der Waals surface area (Å²) in [5.74, 6) is 0. The summed E-state index contributed by atoms with van der Waals surface area (Å²) in [6.07, 6.45) is 0. The van der Waals surface area contributed by atoms with Crippen molar-refractivity contribution in [2.24, 2.45) is 0 Å². The summed E-state index contributed by atoms with van der Waals surface area (Å²) >= 11 is 0. The van der Waals surface area contributed by atoms with Crippen LogP contribution in [-0.2, 0) is 0 Å². The van der Waals surface area contributed by atoms with Gasteiger partial charge in [0.15, 0.2) is 0 Å². The van der Waals surface area contributed by atoms with Crippen LogP contribution in [0.15, 0.2) is 205 Å². The molecule has 0 aliphatic rings. The largest absolute Gasteiger partial charge is 0.456 e. The average molecular weight is 688 g/mol. The standard InChI is InChI=1S/C52H33NO/c1-2-10-34(11-3-1)35-20-24-41(25-21-35)53(43-28-29-50-49(33-43)48-30-38-13-4-5-14-39(38)32-51(48)54-50)42-26-22-37(23-27-42)47-31-40-19-18-36-12-6-7-15-44(36)52(40)46-17-9-8-16-45(46)47/h1-33H. The summed E-state index contributed by atoms with van der Waals surface area (Å²) in [7, 11) is 0. The monoisotopic (exact) mass is 687 g/mol. The molecule has 0 spiro atoms. The Morgan fingerprint density at radius 1 is 0.296 bits per heavy atom. The number of nitrogens with zero attached hydrogens (tertiary/aromatic N) is 1. The van der Waals surface area contributed by atoms with Crippen LogP contribution < -0.4 is 4.90 Å². The fourth-order valence-corrected chi connectivity index (χ4v) is 8.38. The first-order valence-electron chi connectivity index (χ1n) is 18.5. The zero-order chi connectivity index (χ0) is 35.6. The van der Waals surface area contributed by atoms with E-state index in [0.29, 0.717) is 0 Å². The highest BCUT2D eigenvalue weighted by atomic mass is 16.3. The maximum Gasteiger partial charge on any atom is 0.136 e. The van der Waals surface area contributed by atoms with Crippen LogP contribution in [0.1, 0.15) is 0 Å². The van der Waals surface area contributed by atoms with Gasteiger partial charge in [0.1, 0.15) is 11.2 Å². The van der Waals surface area contributed by atoms with Gasteiger partial charge in [-0.05, 0) is 126 Å². The van der Waals surface area contributed by atoms with Crippen molar-refractivity contribution in [1.82, 2.24) is 0 Å². The molecule has 0 N–H and O–H groups in total. The van der Waals surface area contributed by atoms with E-state index in [1.807, 2.05) is 0 Å². The Labute approximate surface area is 312 Å². The molecule has 0 fully saturated rings. The van der Waals surface area contributed by atoms with Crippen LogP contribution in [0, 0.1) is 0 Å². The maximum atomic E-state index is 6.41. The highest BCUT2D eigenvalue weighted by Crippen LogP contribution is 2.42. The first-order valence-corrected chi connectivity index (χ1v) is 18.5. The lowest BCUT2D eigenvalue weighted by atomic mass is 9.90. The highest BCUT2D eigenvalue weighted by molar-refractivity contribution is 6.23. The van der Waals surface area contributed by atoms with E-state index in [2.05, 4.69) is 205 Å². The number of fused-ring (bicyclic) bond motifs is 9. The lowest BCUT2D eigenvalue weighted by Gasteiger charge is -2.26. The van der Waals surface area contributed by atoms with Crippen molar-refractivity contribution in [3.63, 3.8) is 0 Å². The highest BCUT2D eigenvalue weighted by Gasteiger charge is 2.18. The second kappa shape index (κ2) is 12.2. The van der Waals surface area contributed by atoms with Gasteiger partial charge in [0.25, 0.3) is 0 Å². The Kier molecular flexibility index (Phi) is 6.90. The second-order valence-electron chi connectivity index (χ2n) is 14.1. The average Bonchev–Trinajstić information content (AvgIpc) is 3.60. The molecule has 54 heavy (non-hydrogen) atoms. The molecule has 11 rings (SSSR count). The van der Waals surface area contributed by atoms with Crippen LogP contribution in [0.4, 0.5) is 17.1 Å². The molecule has 0 atom stereocenters. The van der Waals surface area contributed by atoms with Gasteiger partial charge in [0, 0.05) is 27.8 Å². The van der Waals surface area contributed by atoms with Crippen molar-refractivity contribution in [3.8, 4) is 22.3 Å². The second-order valence-corrected chi connectivity index (χ2v) is 14.1. The summed E-state index contributed by atoms with van der Waals surface area (Å²) in [6, 6.07) is 72.3. The maximum absolute atomic E-state index is 6.41. The van der Waals surface area contributed by atoms with Crippen LogP contribution in [0.2, 0.25) is 0 Å². The van der Waals surface area contributed by atoms with Crippen molar-refractivity contribution in [2.45, 2.75) is 0 Å². The smallest absolute Gasteiger partial charge is 0.136 e. The molecule has 2 nitrogen and oxygen atoms in total. The van der Waals surface area contributed by atoms with Crippen molar-refractivity contribution < 1.29 is 4.42 Å².